The van der Waals surface area contributed by atoms with Crippen LogP contribution in [-0.4, -0.2) is 40.9 Å². The average molecular weight is 404 g/mol. The van der Waals surface area contributed by atoms with Gasteiger partial charge in [-0.05, 0) is 26.7 Å². The molecule has 0 unspecified atom stereocenters. The quantitative estimate of drug-likeness (QED) is 0.253. The smallest absolute Gasteiger partial charge is 0.338 e. The molecule has 0 aliphatic carbocycles. The molecule has 9 heteroatoms. The maximum Gasteiger partial charge on any atom is 0.338 e. The Morgan fingerprint density at radius 1 is 0.966 bits per heavy atom. The highest BCUT2D eigenvalue weighted by atomic mass is 16.5. The SMILES string of the molecule is CCOC(=O)CCCCC(=O)c1[nH]c(=O)[nH]c1C[n+]1ccc(C(=O)OCC)cc1. The molecule has 0 saturated heterocycles. The number of H-pyrrole nitrogens is 2. The molecule has 0 bridgehead atoms. The zero-order valence-electron chi connectivity index (χ0n) is 16.7. The molecule has 0 fully saturated rings. The zero-order chi connectivity index (χ0) is 21.2. The molecule has 0 amide bonds. The highest BCUT2D eigenvalue weighted by molar-refractivity contribution is 5.95. The number of hydrogen-bond donors (Lipinski definition) is 2. The van der Waals surface area contributed by atoms with Crippen LogP contribution in [0.5, 0.6) is 0 Å². The molecule has 2 aromatic heterocycles. The summed E-state index contributed by atoms with van der Waals surface area (Å²) in [6.45, 7) is 4.37. The summed E-state index contributed by atoms with van der Waals surface area (Å²) in [7, 11) is 0. The van der Waals surface area contributed by atoms with E-state index in [-0.39, 0.29) is 36.8 Å². The second-order valence-electron chi connectivity index (χ2n) is 6.35. The third kappa shape index (κ3) is 6.70. The third-order valence-electron chi connectivity index (χ3n) is 4.17. The molecule has 2 heterocycles. The zero-order valence-corrected chi connectivity index (χ0v) is 16.7. The number of unbranched alkanes of at least 4 members (excludes halogenated alkanes) is 1. The lowest BCUT2D eigenvalue weighted by Gasteiger charge is -2.03. The van der Waals surface area contributed by atoms with Crippen LogP contribution in [0.2, 0.25) is 0 Å². The molecule has 9 nitrogen and oxygen atoms in total. The van der Waals surface area contributed by atoms with Gasteiger partial charge in [0.15, 0.2) is 24.7 Å². The second kappa shape index (κ2) is 10.9. The maximum atomic E-state index is 12.5. The number of aromatic nitrogens is 3. The molecular formula is C20H26N3O6+. The summed E-state index contributed by atoms with van der Waals surface area (Å²) in [5.74, 6) is -0.891. The van der Waals surface area contributed by atoms with Crippen molar-refractivity contribution in [1.82, 2.24) is 9.97 Å². The fraction of sp³-hybridized carbons (Fsp3) is 0.450. The Kier molecular flexibility index (Phi) is 8.32. The van der Waals surface area contributed by atoms with Gasteiger partial charge < -0.3 is 19.4 Å². The van der Waals surface area contributed by atoms with Crippen LogP contribution in [0.1, 0.15) is 66.1 Å². The van der Waals surface area contributed by atoms with Gasteiger partial charge in [0.1, 0.15) is 11.4 Å². The Labute approximate surface area is 168 Å². The first-order valence-corrected chi connectivity index (χ1v) is 9.60. The van der Waals surface area contributed by atoms with Crippen molar-refractivity contribution in [3.8, 4) is 0 Å². The van der Waals surface area contributed by atoms with E-state index in [2.05, 4.69) is 9.97 Å². The number of aromatic amines is 2. The van der Waals surface area contributed by atoms with Crippen LogP contribution < -0.4 is 10.3 Å². The molecule has 2 rings (SSSR count). The summed E-state index contributed by atoms with van der Waals surface area (Å²) in [6.07, 6.45) is 4.88. The van der Waals surface area contributed by atoms with Crippen molar-refractivity contribution in [2.24, 2.45) is 0 Å². The van der Waals surface area contributed by atoms with E-state index in [1.807, 2.05) is 0 Å². The molecule has 0 aliphatic rings. The number of ketones is 1. The summed E-state index contributed by atoms with van der Waals surface area (Å²) in [4.78, 5) is 52.4. The molecule has 156 valence electrons. The number of hydrogen-bond acceptors (Lipinski definition) is 6. The number of esters is 2. The Morgan fingerprint density at radius 2 is 1.62 bits per heavy atom. The van der Waals surface area contributed by atoms with Crippen molar-refractivity contribution < 1.29 is 28.4 Å². The van der Waals surface area contributed by atoms with Gasteiger partial charge in [0.25, 0.3) is 0 Å². The van der Waals surface area contributed by atoms with Crippen molar-refractivity contribution >= 4 is 17.7 Å². The Morgan fingerprint density at radius 3 is 2.28 bits per heavy atom. The van der Waals surface area contributed by atoms with E-state index in [4.69, 9.17) is 9.47 Å². The van der Waals surface area contributed by atoms with E-state index in [1.54, 1.807) is 42.9 Å². The van der Waals surface area contributed by atoms with E-state index in [0.717, 1.165) is 0 Å². The number of Topliss-reactive ketones (excluding diaryl/α,β-unsaturated/α-hetero) is 1. The lowest BCUT2D eigenvalue weighted by Crippen LogP contribution is -2.34. The van der Waals surface area contributed by atoms with Crippen LogP contribution in [0.4, 0.5) is 0 Å². The fourth-order valence-corrected chi connectivity index (χ4v) is 2.79. The molecule has 0 aromatic carbocycles. The molecule has 0 spiro atoms. The van der Waals surface area contributed by atoms with Crippen molar-refractivity contribution in [3.05, 3.63) is 52.0 Å². The molecule has 0 saturated carbocycles. The van der Waals surface area contributed by atoms with Crippen LogP contribution in [-0.2, 0) is 20.8 Å². The summed E-state index contributed by atoms with van der Waals surface area (Å²) in [5.41, 5.74) is 0.648. The minimum Gasteiger partial charge on any atom is -0.466 e. The van der Waals surface area contributed by atoms with E-state index >= 15 is 0 Å². The molecule has 2 aromatic rings. The first kappa shape index (κ1) is 22.1. The normalized spacial score (nSPS) is 10.6. The van der Waals surface area contributed by atoms with E-state index < -0.39 is 11.7 Å². The number of carbonyl (C=O) groups is 3. The summed E-state index contributed by atoms with van der Waals surface area (Å²) < 4.78 is 11.5. The van der Waals surface area contributed by atoms with Gasteiger partial charge in [0, 0.05) is 25.0 Å². The molecule has 0 radical (unpaired) electrons. The minimum atomic E-state index is -0.460. The number of ether oxygens (including phenoxy) is 2. The second-order valence-corrected chi connectivity index (χ2v) is 6.35. The van der Waals surface area contributed by atoms with Crippen molar-refractivity contribution in [2.75, 3.05) is 13.2 Å². The van der Waals surface area contributed by atoms with Crippen molar-refractivity contribution in [2.45, 2.75) is 46.1 Å². The van der Waals surface area contributed by atoms with Gasteiger partial charge >= 0.3 is 17.6 Å². The predicted octanol–water partition coefficient (Wildman–Crippen LogP) is 1.52. The standard InChI is InChI=1S/C20H25N3O6/c1-3-28-17(25)8-6-5-7-16(24)18-15(21-20(27)22-18)13-23-11-9-14(10-12-23)19(26)29-4-2/h9-12,26H,3-8,13H2,1-2H3/p+1. The van der Waals surface area contributed by atoms with Gasteiger partial charge in [0.2, 0.25) is 0 Å². The van der Waals surface area contributed by atoms with Crippen LogP contribution in [0.25, 0.3) is 0 Å². The summed E-state index contributed by atoms with van der Waals surface area (Å²) in [6, 6.07) is 3.22. The predicted molar refractivity (Wildman–Crippen MR) is 103 cm³/mol. The van der Waals surface area contributed by atoms with Gasteiger partial charge in [-0.1, -0.05) is 0 Å². The summed E-state index contributed by atoms with van der Waals surface area (Å²) in [5, 5.41) is 0. The number of rotatable bonds is 11. The lowest BCUT2D eigenvalue weighted by atomic mass is 10.1. The highest BCUT2D eigenvalue weighted by Crippen LogP contribution is 2.09. The lowest BCUT2D eigenvalue weighted by molar-refractivity contribution is -0.688. The molecular weight excluding hydrogens is 378 g/mol. The van der Waals surface area contributed by atoms with Crippen LogP contribution in [0.3, 0.4) is 0 Å². The van der Waals surface area contributed by atoms with E-state index in [1.165, 1.54) is 0 Å². The minimum absolute atomic E-state index is 0.203. The van der Waals surface area contributed by atoms with Crippen LogP contribution in [0, 0.1) is 0 Å². The highest BCUT2D eigenvalue weighted by Gasteiger charge is 2.19. The Hall–Kier alpha value is -3.23. The van der Waals surface area contributed by atoms with Gasteiger partial charge in [-0.3, -0.25) is 9.59 Å². The first-order valence-electron chi connectivity index (χ1n) is 9.60. The number of nitrogens with zero attached hydrogens (tertiary/aromatic N) is 1. The number of carbonyl (C=O) groups excluding carboxylic acids is 3. The molecule has 2 N–H and O–H groups in total. The van der Waals surface area contributed by atoms with Crippen LogP contribution in [0.15, 0.2) is 29.3 Å². The van der Waals surface area contributed by atoms with Gasteiger partial charge in [-0.25, -0.2) is 9.59 Å². The molecule has 0 aliphatic heterocycles. The Bertz CT molecular complexity index is 898. The average Bonchev–Trinajstić information content (AvgIpc) is 3.06. The summed E-state index contributed by atoms with van der Waals surface area (Å²) >= 11 is 0. The number of pyridine rings is 1. The van der Waals surface area contributed by atoms with Gasteiger partial charge in [-0.15, -0.1) is 0 Å². The van der Waals surface area contributed by atoms with Crippen LogP contribution >= 0.6 is 0 Å². The monoisotopic (exact) mass is 404 g/mol. The van der Waals surface area contributed by atoms with E-state index in [9.17, 15) is 19.2 Å². The molecule has 29 heavy (non-hydrogen) atoms. The van der Waals surface area contributed by atoms with Crippen molar-refractivity contribution in [3.63, 3.8) is 0 Å². The largest absolute Gasteiger partial charge is 0.466 e. The molecule has 0 atom stereocenters. The van der Waals surface area contributed by atoms with Gasteiger partial charge in [0.05, 0.1) is 18.8 Å². The first-order chi connectivity index (χ1) is 13.9. The third-order valence-corrected chi connectivity index (χ3v) is 4.17. The maximum absolute atomic E-state index is 12.5. The Balaban J connectivity index is 1.97. The topological polar surface area (TPSA) is 122 Å². The van der Waals surface area contributed by atoms with Gasteiger partial charge in [-0.2, -0.15) is 4.57 Å². The fourth-order valence-electron chi connectivity index (χ4n) is 2.79. The number of imidazole rings is 1. The van der Waals surface area contributed by atoms with Crippen molar-refractivity contribution in [1.29, 1.82) is 0 Å². The van der Waals surface area contributed by atoms with E-state index in [0.29, 0.717) is 37.3 Å². The number of nitrogens with one attached hydrogen (secondary N) is 2.